The lowest BCUT2D eigenvalue weighted by atomic mass is 9.88. The van der Waals surface area contributed by atoms with Gasteiger partial charge in [0.2, 0.25) is 5.91 Å². The van der Waals surface area contributed by atoms with Gasteiger partial charge in [0.25, 0.3) is 5.91 Å². The second kappa shape index (κ2) is 9.09. The van der Waals surface area contributed by atoms with Crippen molar-refractivity contribution in [2.75, 3.05) is 12.3 Å². The molecule has 4 nitrogen and oxygen atoms in total. The molecule has 0 unspecified atom stereocenters. The Morgan fingerprint density at radius 2 is 1.85 bits per heavy atom. The maximum atomic E-state index is 13.3. The van der Waals surface area contributed by atoms with Crippen molar-refractivity contribution in [2.24, 2.45) is 11.8 Å². The maximum Gasteiger partial charge on any atom is 0.255 e. The van der Waals surface area contributed by atoms with E-state index in [1.807, 2.05) is 0 Å². The van der Waals surface area contributed by atoms with E-state index in [-0.39, 0.29) is 23.0 Å². The van der Waals surface area contributed by atoms with Crippen molar-refractivity contribution in [3.8, 4) is 0 Å². The van der Waals surface area contributed by atoms with Crippen molar-refractivity contribution in [1.82, 2.24) is 10.2 Å². The molecular formula is C21H29FN2O2S. The minimum atomic E-state index is -0.460. The quantitative estimate of drug-likeness (QED) is 0.822. The highest BCUT2D eigenvalue weighted by atomic mass is 32.2. The molecule has 1 saturated heterocycles. The summed E-state index contributed by atoms with van der Waals surface area (Å²) < 4.78 is 13.3. The number of hydrogen-bond acceptors (Lipinski definition) is 3. The first-order valence-corrected chi connectivity index (χ1v) is 11.0. The van der Waals surface area contributed by atoms with E-state index in [4.69, 9.17) is 0 Å². The Balaban J connectivity index is 1.83. The molecule has 3 rings (SSSR count). The molecule has 0 bridgehead atoms. The number of rotatable bonds is 5. The van der Waals surface area contributed by atoms with Crippen LogP contribution in [-0.2, 0) is 4.79 Å². The summed E-state index contributed by atoms with van der Waals surface area (Å²) in [5.74, 6) is 0.801. The topological polar surface area (TPSA) is 49.4 Å². The van der Waals surface area contributed by atoms with Crippen LogP contribution in [0.4, 0.5) is 4.39 Å². The predicted octanol–water partition coefficient (Wildman–Crippen LogP) is 4.06. The van der Waals surface area contributed by atoms with E-state index in [0.29, 0.717) is 29.7 Å². The first kappa shape index (κ1) is 20.2. The van der Waals surface area contributed by atoms with E-state index in [9.17, 15) is 14.0 Å². The fourth-order valence-electron chi connectivity index (χ4n) is 3.93. The molecule has 1 aliphatic heterocycles. The molecule has 148 valence electrons. The Hall–Kier alpha value is -1.56. The first-order chi connectivity index (χ1) is 13.0. The third-order valence-corrected chi connectivity index (χ3v) is 6.86. The second-order valence-corrected chi connectivity index (χ2v) is 9.15. The molecule has 0 aromatic heterocycles. The Morgan fingerprint density at radius 3 is 2.48 bits per heavy atom. The number of carbonyl (C=O) groups is 2. The van der Waals surface area contributed by atoms with Gasteiger partial charge in [0.05, 0.1) is 5.37 Å². The van der Waals surface area contributed by atoms with Crippen LogP contribution in [0.1, 0.15) is 56.3 Å². The minimum Gasteiger partial charge on any atom is -0.354 e. The molecule has 6 heteroatoms. The van der Waals surface area contributed by atoms with E-state index >= 15 is 0 Å². The van der Waals surface area contributed by atoms with Crippen molar-refractivity contribution in [3.63, 3.8) is 0 Å². The number of nitrogens with one attached hydrogen (secondary N) is 1. The Bertz CT molecular complexity index is 659. The van der Waals surface area contributed by atoms with E-state index in [0.717, 1.165) is 12.8 Å². The lowest BCUT2D eigenvalue weighted by Gasteiger charge is -2.35. The Morgan fingerprint density at radius 1 is 1.19 bits per heavy atom. The minimum absolute atomic E-state index is 0.0256. The summed E-state index contributed by atoms with van der Waals surface area (Å²) >= 11 is 1.72. The number of carbonyl (C=O) groups excluding carboxylic acids is 2. The fraction of sp³-hybridized carbons (Fsp3) is 0.619. The van der Waals surface area contributed by atoms with Crippen molar-refractivity contribution >= 4 is 23.6 Å². The van der Waals surface area contributed by atoms with Gasteiger partial charge in [0.1, 0.15) is 11.9 Å². The van der Waals surface area contributed by atoms with Crippen LogP contribution in [0.5, 0.6) is 0 Å². The van der Waals surface area contributed by atoms with Gasteiger partial charge >= 0.3 is 0 Å². The SMILES string of the molecule is CC(C)CNC(=O)[C@@H]1CS[C@@H](C2CCCCC2)N1C(=O)c1ccc(F)cc1. The largest absolute Gasteiger partial charge is 0.354 e. The number of hydrogen-bond donors (Lipinski definition) is 1. The number of nitrogens with zero attached hydrogens (tertiary/aromatic N) is 1. The zero-order chi connectivity index (χ0) is 19.4. The van der Waals surface area contributed by atoms with E-state index < -0.39 is 6.04 Å². The highest BCUT2D eigenvalue weighted by Crippen LogP contribution is 2.41. The molecule has 0 radical (unpaired) electrons. The third-order valence-electron chi connectivity index (χ3n) is 5.40. The van der Waals surface area contributed by atoms with Crippen molar-refractivity contribution in [3.05, 3.63) is 35.6 Å². The van der Waals surface area contributed by atoms with Gasteiger partial charge in [0, 0.05) is 17.9 Å². The van der Waals surface area contributed by atoms with Gasteiger partial charge in [-0.3, -0.25) is 9.59 Å². The van der Waals surface area contributed by atoms with Crippen LogP contribution in [0.2, 0.25) is 0 Å². The van der Waals surface area contributed by atoms with Crippen LogP contribution in [0.25, 0.3) is 0 Å². The monoisotopic (exact) mass is 392 g/mol. The van der Waals surface area contributed by atoms with Gasteiger partial charge in [-0.05, 0) is 48.9 Å². The highest BCUT2D eigenvalue weighted by Gasteiger charge is 2.45. The summed E-state index contributed by atoms with van der Waals surface area (Å²) in [6.45, 7) is 4.71. The van der Waals surface area contributed by atoms with Gasteiger partial charge < -0.3 is 10.2 Å². The Labute approximate surface area is 165 Å². The van der Waals surface area contributed by atoms with Gasteiger partial charge in [-0.15, -0.1) is 11.8 Å². The molecule has 0 spiro atoms. The smallest absolute Gasteiger partial charge is 0.255 e. The van der Waals surface area contributed by atoms with Crippen LogP contribution < -0.4 is 5.32 Å². The molecule has 2 amide bonds. The lowest BCUT2D eigenvalue weighted by molar-refractivity contribution is -0.125. The van der Waals surface area contributed by atoms with Crippen LogP contribution in [0, 0.1) is 17.7 Å². The second-order valence-electron chi connectivity index (χ2n) is 8.00. The predicted molar refractivity (Wildman–Crippen MR) is 107 cm³/mol. The van der Waals surface area contributed by atoms with Crippen molar-refractivity contribution in [1.29, 1.82) is 0 Å². The number of halogens is 1. The van der Waals surface area contributed by atoms with Gasteiger partial charge in [-0.1, -0.05) is 33.1 Å². The summed E-state index contributed by atoms with van der Waals surface area (Å²) in [6, 6.07) is 5.18. The van der Waals surface area contributed by atoms with E-state index in [1.165, 1.54) is 43.5 Å². The fourth-order valence-corrected chi connectivity index (χ4v) is 5.57. The number of amides is 2. The number of benzene rings is 1. The average Bonchev–Trinajstić information content (AvgIpc) is 3.12. The summed E-state index contributed by atoms with van der Waals surface area (Å²) in [5, 5.41) is 3.01. The van der Waals surface area contributed by atoms with E-state index in [1.54, 1.807) is 16.7 Å². The molecule has 2 aliphatic rings. The molecule has 1 saturated carbocycles. The maximum absolute atomic E-state index is 13.3. The van der Waals surface area contributed by atoms with Gasteiger partial charge in [0.15, 0.2) is 0 Å². The molecule has 1 aromatic rings. The zero-order valence-electron chi connectivity index (χ0n) is 16.1. The summed E-state index contributed by atoms with van der Waals surface area (Å²) in [5.41, 5.74) is 0.446. The van der Waals surface area contributed by atoms with Crippen LogP contribution in [0.15, 0.2) is 24.3 Å². The molecule has 2 fully saturated rings. The molecule has 1 N–H and O–H groups in total. The normalized spacial score (nSPS) is 23.6. The summed E-state index contributed by atoms with van der Waals surface area (Å²) in [6.07, 6.45) is 5.82. The average molecular weight is 393 g/mol. The van der Waals surface area contributed by atoms with Crippen LogP contribution >= 0.6 is 11.8 Å². The van der Waals surface area contributed by atoms with Crippen molar-refractivity contribution < 1.29 is 14.0 Å². The molecular weight excluding hydrogens is 363 g/mol. The van der Waals surface area contributed by atoms with Crippen LogP contribution in [-0.4, -0.2) is 40.4 Å². The van der Waals surface area contributed by atoms with Crippen LogP contribution in [0.3, 0.4) is 0 Å². The third kappa shape index (κ3) is 4.84. The summed E-state index contributed by atoms with van der Waals surface area (Å²) in [7, 11) is 0. The van der Waals surface area contributed by atoms with Crippen molar-refractivity contribution in [2.45, 2.75) is 57.4 Å². The highest BCUT2D eigenvalue weighted by molar-refractivity contribution is 8.00. The molecule has 1 heterocycles. The zero-order valence-corrected chi connectivity index (χ0v) is 16.9. The Kier molecular flexibility index (Phi) is 6.79. The van der Waals surface area contributed by atoms with Gasteiger partial charge in [-0.2, -0.15) is 0 Å². The van der Waals surface area contributed by atoms with Gasteiger partial charge in [-0.25, -0.2) is 4.39 Å². The number of thioether (sulfide) groups is 1. The molecule has 27 heavy (non-hydrogen) atoms. The van der Waals surface area contributed by atoms with E-state index in [2.05, 4.69) is 19.2 Å². The first-order valence-electron chi connectivity index (χ1n) is 9.95. The molecule has 1 aliphatic carbocycles. The molecule has 2 atom stereocenters. The standard InChI is InChI=1S/C21H29FN2O2S/c1-14(2)12-23-19(25)18-13-27-21(16-6-4-3-5-7-16)24(18)20(26)15-8-10-17(22)11-9-15/h8-11,14,16,18,21H,3-7,12-13H2,1-2H3,(H,23,25)/t18-,21-/m0/s1. The lowest BCUT2D eigenvalue weighted by Crippen LogP contribution is -2.52. The molecule has 1 aromatic carbocycles. The summed E-state index contributed by atoms with van der Waals surface area (Å²) in [4.78, 5) is 27.9.